The van der Waals surface area contributed by atoms with Gasteiger partial charge in [-0.15, -0.1) is 0 Å². The Bertz CT molecular complexity index is 1310. The number of unbranched alkanes of at least 4 members (excludes halogenated alkanes) is 1. The highest BCUT2D eigenvalue weighted by atomic mass is 19.1. The fourth-order valence-electron chi connectivity index (χ4n) is 3.63. The van der Waals surface area contributed by atoms with E-state index in [1.54, 1.807) is 66.7 Å². The largest absolute Gasteiger partial charge is 0.388 e. The molecule has 3 rings (SSSR count). The second kappa shape index (κ2) is 14.4. The number of rotatable bonds is 11. The Morgan fingerprint density at radius 2 is 1.53 bits per heavy atom. The Kier molecular flexibility index (Phi) is 10.7. The SMILES string of the molecule is NC[C@H](NC(=O)c1ccc(C#Cc2ccc(NC(=O)CCCCc3ccccc3F)cc2)cc1)C(=O)CO. The number of aliphatic hydroxyl groups excluding tert-OH is 1. The summed E-state index contributed by atoms with van der Waals surface area (Å²) in [6, 6.07) is 19.4. The van der Waals surface area contributed by atoms with Crippen LogP contribution in [0.3, 0.4) is 0 Å². The van der Waals surface area contributed by atoms with Crippen LogP contribution in [0.4, 0.5) is 10.1 Å². The monoisotopic (exact) mass is 515 g/mol. The predicted octanol–water partition coefficient (Wildman–Crippen LogP) is 3.20. The zero-order chi connectivity index (χ0) is 27.3. The van der Waals surface area contributed by atoms with E-state index in [1.807, 2.05) is 0 Å². The Morgan fingerprint density at radius 3 is 2.13 bits per heavy atom. The number of nitrogens with two attached hydrogens (primary N) is 1. The Morgan fingerprint density at radius 1 is 0.895 bits per heavy atom. The highest BCUT2D eigenvalue weighted by Crippen LogP contribution is 2.13. The maximum absolute atomic E-state index is 13.7. The van der Waals surface area contributed by atoms with Crippen molar-refractivity contribution >= 4 is 23.3 Å². The molecule has 0 aliphatic heterocycles. The van der Waals surface area contributed by atoms with Gasteiger partial charge in [0, 0.05) is 35.3 Å². The van der Waals surface area contributed by atoms with Crippen molar-refractivity contribution < 1.29 is 23.9 Å². The summed E-state index contributed by atoms with van der Waals surface area (Å²) in [7, 11) is 0. The summed E-state index contributed by atoms with van der Waals surface area (Å²) in [6.07, 6.45) is 2.35. The first-order valence-electron chi connectivity index (χ1n) is 12.3. The average molecular weight is 516 g/mol. The van der Waals surface area contributed by atoms with Crippen LogP contribution in [-0.2, 0) is 16.0 Å². The van der Waals surface area contributed by atoms with Crippen LogP contribution in [0.1, 0.15) is 46.3 Å². The van der Waals surface area contributed by atoms with Crippen LogP contribution in [-0.4, -0.2) is 41.9 Å². The van der Waals surface area contributed by atoms with Crippen molar-refractivity contribution in [2.24, 2.45) is 5.73 Å². The van der Waals surface area contributed by atoms with Gasteiger partial charge in [-0.2, -0.15) is 0 Å². The third-order valence-electron chi connectivity index (χ3n) is 5.81. The summed E-state index contributed by atoms with van der Waals surface area (Å²) in [5.74, 6) is 4.72. The van der Waals surface area contributed by atoms with E-state index in [0.29, 0.717) is 41.6 Å². The van der Waals surface area contributed by atoms with Gasteiger partial charge in [-0.3, -0.25) is 14.4 Å². The molecule has 3 aromatic rings. The molecule has 1 atom stereocenters. The van der Waals surface area contributed by atoms with Crippen molar-refractivity contribution in [2.45, 2.75) is 31.7 Å². The molecule has 0 radical (unpaired) electrons. The number of aryl methyl sites for hydroxylation is 1. The average Bonchev–Trinajstić information content (AvgIpc) is 2.94. The van der Waals surface area contributed by atoms with Gasteiger partial charge in [0.2, 0.25) is 5.91 Å². The smallest absolute Gasteiger partial charge is 0.251 e. The zero-order valence-corrected chi connectivity index (χ0v) is 20.9. The quantitative estimate of drug-likeness (QED) is 0.231. The number of hydrogen-bond acceptors (Lipinski definition) is 5. The fraction of sp³-hybridized carbons (Fsp3) is 0.233. The van der Waals surface area contributed by atoms with Crippen LogP contribution < -0.4 is 16.4 Å². The first-order valence-corrected chi connectivity index (χ1v) is 12.3. The molecule has 0 saturated carbocycles. The van der Waals surface area contributed by atoms with E-state index in [4.69, 9.17) is 10.8 Å². The summed E-state index contributed by atoms with van der Waals surface area (Å²) < 4.78 is 13.7. The molecule has 196 valence electrons. The molecule has 0 aliphatic carbocycles. The number of benzene rings is 3. The van der Waals surface area contributed by atoms with E-state index in [0.717, 1.165) is 12.0 Å². The predicted molar refractivity (Wildman–Crippen MR) is 144 cm³/mol. The number of halogens is 1. The molecular weight excluding hydrogens is 485 g/mol. The van der Waals surface area contributed by atoms with Crippen molar-refractivity contribution in [1.29, 1.82) is 0 Å². The van der Waals surface area contributed by atoms with E-state index in [9.17, 15) is 18.8 Å². The molecule has 0 aliphatic rings. The number of nitrogens with one attached hydrogen (secondary N) is 2. The number of anilines is 1. The molecule has 0 saturated heterocycles. The number of ketones is 1. The molecule has 0 spiro atoms. The Balaban J connectivity index is 1.46. The van der Waals surface area contributed by atoms with E-state index < -0.39 is 24.3 Å². The molecule has 0 heterocycles. The van der Waals surface area contributed by atoms with Crippen LogP contribution in [0.15, 0.2) is 72.8 Å². The molecule has 0 unspecified atom stereocenters. The molecule has 38 heavy (non-hydrogen) atoms. The molecule has 0 fully saturated rings. The summed E-state index contributed by atoms with van der Waals surface area (Å²) in [4.78, 5) is 36.1. The maximum Gasteiger partial charge on any atom is 0.251 e. The van der Waals surface area contributed by atoms with Crippen molar-refractivity contribution in [3.8, 4) is 11.8 Å². The van der Waals surface area contributed by atoms with Crippen LogP contribution in [0.5, 0.6) is 0 Å². The number of Topliss-reactive ketones (excluding diaryl/α,β-unsaturated/α-hetero) is 1. The second-order valence-corrected chi connectivity index (χ2v) is 8.64. The van der Waals surface area contributed by atoms with Crippen LogP contribution in [0, 0.1) is 17.7 Å². The minimum absolute atomic E-state index is 0.0972. The van der Waals surface area contributed by atoms with E-state index >= 15 is 0 Å². The Hall–Kier alpha value is -4.32. The van der Waals surface area contributed by atoms with Gasteiger partial charge in [0.1, 0.15) is 18.5 Å². The van der Waals surface area contributed by atoms with Gasteiger partial charge in [0.05, 0.1) is 0 Å². The van der Waals surface area contributed by atoms with Crippen molar-refractivity contribution in [3.05, 3.63) is 101 Å². The fourth-order valence-corrected chi connectivity index (χ4v) is 3.63. The first-order chi connectivity index (χ1) is 18.4. The van der Waals surface area contributed by atoms with Gasteiger partial charge < -0.3 is 21.5 Å². The normalized spacial score (nSPS) is 11.1. The molecule has 2 amide bonds. The summed E-state index contributed by atoms with van der Waals surface area (Å²) in [5, 5.41) is 14.3. The number of hydrogen-bond donors (Lipinski definition) is 4. The number of carbonyl (C=O) groups is 3. The molecule has 3 aromatic carbocycles. The number of aliphatic hydroxyl groups is 1. The molecule has 5 N–H and O–H groups in total. The third-order valence-corrected chi connectivity index (χ3v) is 5.81. The summed E-state index contributed by atoms with van der Waals surface area (Å²) in [5.41, 5.74) is 8.59. The molecule has 7 nitrogen and oxygen atoms in total. The van der Waals surface area contributed by atoms with E-state index in [1.165, 1.54) is 6.07 Å². The minimum atomic E-state index is -0.940. The van der Waals surface area contributed by atoms with Gasteiger partial charge in [0.15, 0.2) is 5.78 Å². The van der Waals surface area contributed by atoms with Gasteiger partial charge in [-0.25, -0.2) is 4.39 Å². The van der Waals surface area contributed by atoms with Gasteiger partial charge in [0.25, 0.3) is 5.91 Å². The molecule has 0 aromatic heterocycles. The topological polar surface area (TPSA) is 122 Å². The minimum Gasteiger partial charge on any atom is -0.388 e. The van der Waals surface area contributed by atoms with Crippen molar-refractivity contribution in [2.75, 3.05) is 18.5 Å². The van der Waals surface area contributed by atoms with Crippen molar-refractivity contribution in [1.82, 2.24) is 5.32 Å². The lowest BCUT2D eigenvalue weighted by Gasteiger charge is -2.14. The van der Waals surface area contributed by atoms with E-state index in [2.05, 4.69) is 22.5 Å². The highest BCUT2D eigenvalue weighted by molar-refractivity contribution is 5.98. The van der Waals surface area contributed by atoms with Crippen LogP contribution in [0.25, 0.3) is 0 Å². The maximum atomic E-state index is 13.7. The zero-order valence-electron chi connectivity index (χ0n) is 20.9. The first kappa shape index (κ1) is 28.3. The van der Waals surface area contributed by atoms with E-state index in [-0.39, 0.29) is 18.3 Å². The lowest BCUT2D eigenvalue weighted by atomic mass is 10.1. The summed E-state index contributed by atoms with van der Waals surface area (Å²) in [6.45, 7) is -0.795. The highest BCUT2D eigenvalue weighted by Gasteiger charge is 2.18. The number of amides is 2. The van der Waals surface area contributed by atoms with Gasteiger partial charge in [-0.1, -0.05) is 30.0 Å². The van der Waals surface area contributed by atoms with Crippen molar-refractivity contribution in [3.63, 3.8) is 0 Å². The van der Waals surface area contributed by atoms with Crippen LogP contribution >= 0.6 is 0 Å². The second-order valence-electron chi connectivity index (χ2n) is 8.64. The molecular formula is C30H30FN3O4. The standard InChI is InChI=1S/C30H30FN3O4/c31-26-7-3-1-5-23(26)6-2-4-8-29(37)33-25-17-13-22(14-18-25)10-9-21-11-15-24(16-12-21)30(38)34-27(19-32)28(36)20-35/h1,3,5,7,11-18,27,35H,2,4,6,8,19-20,32H2,(H,33,37)(H,34,38)/t27-/m0/s1. The van der Waals surface area contributed by atoms with Gasteiger partial charge in [-0.05, 0) is 79.4 Å². The lowest BCUT2D eigenvalue weighted by Crippen LogP contribution is -2.46. The summed E-state index contributed by atoms with van der Waals surface area (Å²) >= 11 is 0. The van der Waals surface area contributed by atoms with Crippen LogP contribution in [0.2, 0.25) is 0 Å². The lowest BCUT2D eigenvalue weighted by molar-refractivity contribution is -0.123. The molecule has 0 bridgehead atoms. The number of carbonyl (C=O) groups excluding carboxylic acids is 3. The van der Waals surface area contributed by atoms with Gasteiger partial charge >= 0.3 is 0 Å². The third kappa shape index (κ3) is 8.66. The Labute approximate surface area is 221 Å². The molecule has 8 heteroatoms.